The maximum Gasteiger partial charge on any atom is 0.333 e. The molecule has 0 aromatic heterocycles. The zero-order valence-corrected chi connectivity index (χ0v) is 12.8. The third-order valence-electron chi connectivity index (χ3n) is 2.45. The second-order valence-corrected chi connectivity index (χ2v) is 6.21. The second kappa shape index (κ2) is 6.93. The van der Waals surface area contributed by atoms with Gasteiger partial charge in [-0.1, -0.05) is 19.9 Å². The van der Waals surface area contributed by atoms with Crippen molar-refractivity contribution in [2.75, 3.05) is 6.61 Å². The van der Waals surface area contributed by atoms with Crippen molar-refractivity contribution in [3.8, 4) is 0 Å². The molecule has 0 aliphatic rings. The Kier molecular flexibility index (Phi) is 6.61. The standard InChI is InChI=1S/C15H28O3/c1-8-9-12(2)13(16)18-15(6,7)10-11-17-14(3,4)5/h2,8-11H2,1,3-7H3. The van der Waals surface area contributed by atoms with Crippen LogP contribution in [0.1, 0.15) is 60.8 Å². The van der Waals surface area contributed by atoms with Crippen LogP contribution in [0.5, 0.6) is 0 Å². The molecule has 0 saturated heterocycles. The van der Waals surface area contributed by atoms with Gasteiger partial charge >= 0.3 is 5.97 Å². The molecule has 0 bridgehead atoms. The van der Waals surface area contributed by atoms with Crippen LogP contribution in [0, 0.1) is 0 Å². The number of esters is 1. The Morgan fingerprint density at radius 3 is 2.17 bits per heavy atom. The molecule has 0 fully saturated rings. The van der Waals surface area contributed by atoms with Crippen LogP contribution in [0.25, 0.3) is 0 Å². The molecule has 0 amide bonds. The topological polar surface area (TPSA) is 35.5 Å². The SMILES string of the molecule is C=C(CCC)C(=O)OC(C)(C)CCOC(C)(C)C. The highest BCUT2D eigenvalue weighted by Gasteiger charge is 2.24. The predicted molar refractivity (Wildman–Crippen MR) is 74.5 cm³/mol. The summed E-state index contributed by atoms with van der Waals surface area (Å²) in [5, 5.41) is 0. The van der Waals surface area contributed by atoms with E-state index in [9.17, 15) is 4.79 Å². The summed E-state index contributed by atoms with van der Waals surface area (Å²) in [6.45, 7) is 16.2. The van der Waals surface area contributed by atoms with E-state index in [2.05, 4.69) is 6.58 Å². The van der Waals surface area contributed by atoms with E-state index in [-0.39, 0.29) is 11.6 Å². The molecule has 0 rings (SSSR count). The molecule has 0 aliphatic carbocycles. The fourth-order valence-corrected chi connectivity index (χ4v) is 1.38. The normalized spacial score (nSPS) is 12.3. The van der Waals surface area contributed by atoms with E-state index < -0.39 is 5.60 Å². The van der Waals surface area contributed by atoms with Gasteiger partial charge in [0.15, 0.2) is 0 Å². The third kappa shape index (κ3) is 8.29. The quantitative estimate of drug-likeness (QED) is 0.512. The van der Waals surface area contributed by atoms with Crippen LogP contribution < -0.4 is 0 Å². The average Bonchev–Trinajstić information content (AvgIpc) is 2.14. The predicted octanol–water partition coefficient (Wildman–Crippen LogP) is 3.87. The summed E-state index contributed by atoms with van der Waals surface area (Å²) in [6.07, 6.45) is 2.27. The summed E-state index contributed by atoms with van der Waals surface area (Å²) in [6, 6.07) is 0. The summed E-state index contributed by atoms with van der Waals surface area (Å²) >= 11 is 0. The molecule has 0 radical (unpaired) electrons. The monoisotopic (exact) mass is 256 g/mol. The van der Waals surface area contributed by atoms with Crippen molar-refractivity contribution in [1.82, 2.24) is 0 Å². The number of carbonyl (C=O) groups excluding carboxylic acids is 1. The zero-order valence-electron chi connectivity index (χ0n) is 12.8. The van der Waals surface area contributed by atoms with E-state index in [1.807, 2.05) is 41.5 Å². The Morgan fingerprint density at radius 1 is 1.17 bits per heavy atom. The van der Waals surface area contributed by atoms with Crippen molar-refractivity contribution < 1.29 is 14.3 Å². The molecule has 3 nitrogen and oxygen atoms in total. The first-order valence-electron chi connectivity index (χ1n) is 6.62. The minimum atomic E-state index is -0.515. The minimum Gasteiger partial charge on any atom is -0.456 e. The molecule has 0 saturated carbocycles. The van der Waals surface area contributed by atoms with E-state index in [1.165, 1.54) is 0 Å². The Labute approximate surface area is 112 Å². The van der Waals surface area contributed by atoms with E-state index in [1.54, 1.807) is 0 Å². The summed E-state index contributed by atoms with van der Waals surface area (Å²) < 4.78 is 11.1. The molecule has 0 spiro atoms. The Morgan fingerprint density at radius 2 is 1.72 bits per heavy atom. The lowest BCUT2D eigenvalue weighted by molar-refractivity contribution is -0.154. The molecule has 3 heteroatoms. The number of hydrogen-bond acceptors (Lipinski definition) is 3. The zero-order chi connectivity index (χ0) is 14.4. The lowest BCUT2D eigenvalue weighted by Gasteiger charge is -2.27. The summed E-state index contributed by atoms with van der Waals surface area (Å²) in [4.78, 5) is 11.7. The summed E-state index contributed by atoms with van der Waals surface area (Å²) in [5.74, 6) is -0.294. The van der Waals surface area contributed by atoms with E-state index in [0.29, 0.717) is 25.0 Å². The lowest BCUT2D eigenvalue weighted by atomic mass is 10.0. The average molecular weight is 256 g/mol. The van der Waals surface area contributed by atoms with Crippen molar-refractivity contribution in [3.63, 3.8) is 0 Å². The van der Waals surface area contributed by atoms with Crippen LogP contribution in [-0.4, -0.2) is 23.8 Å². The smallest absolute Gasteiger partial charge is 0.333 e. The fraction of sp³-hybridized carbons (Fsp3) is 0.800. The molecular weight excluding hydrogens is 228 g/mol. The molecular formula is C15H28O3. The highest BCUT2D eigenvalue weighted by molar-refractivity contribution is 5.87. The number of rotatable bonds is 7. The first-order chi connectivity index (χ1) is 8.07. The van der Waals surface area contributed by atoms with Crippen molar-refractivity contribution in [2.24, 2.45) is 0 Å². The van der Waals surface area contributed by atoms with Crippen molar-refractivity contribution in [1.29, 1.82) is 0 Å². The molecule has 0 aromatic rings. The first-order valence-corrected chi connectivity index (χ1v) is 6.62. The Balaban J connectivity index is 4.14. The van der Waals surface area contributed by atoms with Gasteiger partial charge < -0.3 is 9.47 Å². The van der Waals surface area contributed by atoms with Gasteiger partial charge in [-0.3, -0.25) is 0 Å². The van der Waals surface area contributed by atoms with Gasteiger partial charge in [0.2, 0.25) is 0 Å². The van der Waals surface area contributed by atoms with Crippen LogP contribution >= 0.6 is 0 Å². The lowest BCUT2D eigenvalue weighted by Crippen LogP contribution is -2.32. The number of ether oxygens (including phenoxy) is 2. The largest absolute Gasteiger partial charge is 0.456 e. The van der Waals surface area contributed by atoms with Gasteiger partial charge in [-0.15, -0.1) is 0 Å². The van der Waals surface area contributed by atoms with Gasteiger partial charge in [0, 0.05) is 12.0 Å². The third-order valence-corrected chi connectivity index (χ3v) is 2.45. The van der Waals surface area contributed by atoms with Gasteiger partial charge in [0.25, 0.3) is 0 Å². The molecule has 18 heavy (non-hydrogen) atoms. The Bertz CT molecular complexity index is 285. The van der Waals surface area contributed by atoms with Crippen molar-refractivity contribution >= 4 is 5.97 Å². The van der Waals surface area contributed by atoms with Crippen LogP contribution in [0.4, 0.5) is 0 Å². The first kappa shape index (κ1) is 17.2. The van der Waals surface area contributed by atoms with Gasteiger partial charge in [0.1, 0.15) is 5.60 Å². The van der Waals surface area contributed by atoms with Crippen LogP contribution in [0.15, 0.2) is 12.2 Å². The molecule has 0 N–H and O–H groups in total. The van der Waals surface area contributed by atoms with Crippen molar-refractivity contribution in [2.45, 2.75) is 72.0 Å². The molecule has 0 aliphatic heterocycles. The second-order valence-electron chi connectivity index (χ2n) is 6.21. The molecule has 0 aromatic carbocycles. The minimum absolute atomic E-state index is 0.161. The van der Waals surface area contributed by atoms with E-state index in [0.717, 1.165) is 6.42 Å². The highest BCUT2D eigenvalue weighted by Crippen LogP contribution is 2.19. The van der Waals surface area contributed by atoms with Gasteiger partial charge in [-0.05, 0) is 41.0 Å². The summed E-state index contributed by atoms with van der Waals surface area (Å²) in [5.41, 5.74) is -0.132. The Hall–Kier alpha value is -0.830. The van der Waals surface area contributed by atoms with Crippen LogP contribution in [0.3, 0.4) is 0 Å². The van der Waals surface area contributed by atoms with Crippen LogP contribution in [-0.2, 0) is 14.3 Å². The molecule has 0 heterocycles. The van der Waals surface area contributed by atoms with Gasteiger partial charge in [0.05, 0.1) is 12.2 Å². The van der Waals surface area contributed by atoms with E-state index in [4.69, 9.17) is 9.47 Å². The molecule has 0 atom stereocenters. The van der Waals surface area contributed by atoms with Crippen LogP contribution in [0.2, 0.25) is 0 Å². The summed E-state index contributed by atoms with van der Waals surface area (Å²) in [7, 11) is 0. The highest BCUT2D eigenvalue weighted by atomic mass is 16.6. The van der Waals surface area contributed by atoms with Crippen molar-refractivity contribution in [3.05, 3.63) is 12.2 Å². The maximum absolute atomic E-state index is 11.7. The number of carbonyl (C=O) groups is 1. The number of hydrogen-bond donors (Lipinski definition) is 0. The molecule has 0 unspecified atom stereocenters. The van der Waals surface area contributed by atoms with Gasteiger partial charge in [-0.25, -0.2) is 4.79 Å². The fourth-order valence-electron chi connectivity index (χ4n) is 1.38. The van der Waals surface area contributed by atoms with Gasteiger partial charge in [-0.2, -0.15) is 0 Å². The van der Waals surface area contributed by atoms with E-state index >= 15 is 0 Å². The molecule has 106 valence electrons. The maximum atomic E-state index is 11.7.